The predicted octanol–water partition coefficient (Wildman–Crippen LogP) is 7.55. The summed E-state index contributed by atoms with van der Waals surface area (Å²) in [5.41, 5.74) is 7.85. The van der Waals surface area contributed by atoms with Gasteiger partial charge in [0.2, 0.25) is 0 Å². The molecule has 3 heterocycles. The number of rotatable bonds is 4. The third-order valence-corrected chi connectivity index (χ3v) is 7.11. The summed E-state index contributed by atoms with van der Waals surface area (Å²) in [6, 6.07) is 31.3. The summed E-state index contributed by atoms with van der Waals surface area (Å²) in [6.45, 7) is 4.27. The van der Waals surface area contributed by atoms with Crippen LogP contribution in [0.25, 0.3) is 38.1 Å². The van der Waals surface area contributed by atoms with Gasteiger partial charge in [-0.15, -0.1) is 0 Å². The van der Waals surface area contributed by atoms with E-state index in [9.17, 15) is 0 Å². The van der Waals surface area contributed by atoms with E-state index in [2.05, 4.69) is 106 Å². The molecule has 0 bridgehead atoms. The highest BCUT2D eigenvalue weighted by atomic mass is 15.4. The van der Waals surface area contributed by atoms with Crippen LogP contribution in [0.1, 0.15) is 19.8 Å². The minimum Gasteiger partial charge on any atom is -0.352 e. The van der Waals surface area contributed by atoms with E-state index in [0.717, 1.165) is 13.2 Å². The van der Waals surface area contributed by atoms with Gasteiger partial charge < -0.3 is 14.2 Å². The second kappa shape index (κ2) is 6.64. The lowest BCUT2D eigenvalue weighted by atomic mass is 10.1. The molecule has 0 aliphatic carbocycles. The van der Waals surface area contributed by atoms with Crippen LogP contribution in [-0.4, -0.2) is 17.6 Å². The zero-order valence-electron chi connectivity index (χ0n) is 18.3. The maximum absolute atomic E-state index is 2.53. The molecule has 32 heavy (non-hydrogen) atoms. The number of aromatic nitrogens is 1. The van der Waals surface area contributed by atoms with E-state index in [0.29, 0.717) is 0 Å². The molecule has 0 N–H and O–H groups in total. The van der Waals surface area contributed by atoms with Gasteiger partial charge in [0.15, 0.2) is 0 Å². The summed E-state index contributed by atoms with van der Waals surface area (Å²) in [6.07, 6.45) is 2.43. The third kappa shape index (κ3) is 2.31. The van der Waals surface area contributed by atoms with Crippen molar-refractivity contribution >= 4 is 55.2 Å². The largest absolute Gasteiger partial charge is 0.352 e. The van der Waals surface area contributed by atoms with Crippen LogP contribution in [0.2, 0.25) is 0 Å². The molecule has 1 aliphatic rings. The normalized spacial score (nSPS) is 13.9. The zero-order valence-corrected chi connectivity index (χ0v) is 18.3. The first-order valence-electron chi connectivity index (χ1n) is 11.6. The van der Waals surface area contributed by atoms with Gasteiger partial charge >= 0.3 is 0 Å². The Balaban J connectivity index is 1.52. The summed E-state index contributed by atoms with van der Waals surface area (Å²) >= 11 is 0. The number of hydrogen-bond donors (Lipinski definition) is 0. The fraction of sp³-hybridized carbons (Fsp3) is 0.172. The van der Waals surface area contributed by atoms with Crippen molar-refractivity contribution in [3.8, 4) is 0 Å². The maximum atomic E-state index is 2.53. The number of para-hydroxylation sites is 4. The topological polar surface area (TPSA) is 10.9 Å². The van der Waals surface area contributed by atoms with Crippen LogP contribution in [0.15, 0.2) is 84.9 Å². The Labute approximate surface area is 187 Å². The molecule has 6 aromatic rings. The highest BCUT2D eigenvalue weighted by Gasteiger charge is 2.27. The van der Waals surface area contributed by atoms with Crippen molar-refractivity contribution in [1.82, 2.24) is 4.40 Å². The third-order valence-electron chi connectivity index (χ3n) is 7.11. The van der Waals surface area contributed by atoms with Crippen molar-refractivity contribution in [2.45, 2.75) is 19.8 Å². The molecule has 3 heteroatoms. The molecule has 7 rings (SSSR count). The summed E-state index contributed by atoms with van der Waals surface area (Å²) < 4.78 is 2.45. The van der Waals surface area contributed by atoms with Gasteiger partial charge in [-0.05, 0) is 42.8 Å². The highest BCUT2D eigenvalue weighted by molar-refractivity contribution is 6.24. The Morgan fingerprint density at radius 1 is 0.688 bits per heavy atom. The first kappa shape index (κ1) is 17.9. The number of hydrogen-bond acceptors (Lipinski definition) is 2. The predicted molar refractivity (Wildman–Crippen MR) is 137 cm³/mol. The van der Waals surface area contributed by atoms with E-state index in [1.54, 1.807) is 0 Å². The van der Waals surface area contributed by atoms with Crippen molar-refractivity contribution in [2.24, 2.45) is 0 Å². The lowest BCUT2D eigenvalue weighted by molar-refractivity contribution is 0.736. The molecule has 1 aliphatic heterocycles. The fourth-order valence-corrected chi connectivity index (χ4v) is 5.63. The van der Waals surface area contributed by atoms with Crippen molar-refractivity contribution in [3.63, 3.8) is 0 Å². The summed E-state index contributed by atoms with van der Waals surface area (Å²) in [5, 5.41) is 5.34. The lowest BCUT2D eigenvalue weighted by Gasteiger charge is -2.22. The fourth-order valence-electron chi connectivity index (χ4n) is 5.63. The van der Waals surface area contributed by atoms with E-state index in [1.807, 2.05) is 0 Å². The Bertz CT molecular complexity index is 1530. The zero-order chi connectivity index (χ0) is 21.2. The minimum atomic E-state index is 0.907. The van der Waals surface area contributed by atoms with Gasteiger partial charge in [-0.1, -0.05) is 61.9 Å². The highest BCUT2D eigenvalue weighted by Crippen LogP contribution is 2.45. The molecular formula is C29H25N3. The van der Waals surface area contributed by atoms with Crippen LogP contribution < -0.4 is 9.80 Å². The van der Waals surface area contributed by atoms with Crippen molar-refractivity contribution in [2.75, 3.05) is 23.0 Å². The minimum absolute atomic E-state index is 0.907. The van der Waals surface area contributed by atoms with E-state index in [1.165, 1.54) is 68.0 Å². The molecule has 0 spiro atoms. The smallest absolute Gasteiger partial charge is 0.0953 e. The van der Waals surface area contributed by atoms with Crippen LogP contribution in [0, 0.1) is 0 Å². The number of fused-ring (bicyclic) bond motifs is 7. The van der Waals surface area contributed by atoms with Crippen LogP contribution in [0.5, 0.6) is 0 Å². The Hall–Kier alpha value is -3.72. The Kier molecular flexibility index (Phi) is 3.71. The van der Waals surface area contributed by atoms with E-state index in [4.69, 9.17) is 0 Å². The SMILES string of the molecule is CCCCN1CN(c2cc3c4ccccc4n4c5ccccc5c(c2)c34)c2ccccc21. The van der Waals surface area contributed by atoms with Crippen molar-refractivity contribution < 1.29 is 0 Å². The number of unbranched alkanes of at least 4 members (excludes halogenated alkanes) is 1. The second-order valence-electron chi connectivity index (χ2n) is 8.93. The lowest BCUT2D eigenvalue weighted by Crippen LogP contribution is -2.28. The molecule has 0 atom stereocenters. The van der Waals surface area contributed by atoms with Crippen LogP contribution in [0.3, 0.4) is 0 Å². The number of nitrogens with zero attached hydrogens (tertiary/aromatic N) is 3. The average Bonchev–Trinajstić information content (AvgIpc) is 3.49. The maximum Gasteiger partial charge on any atom is 0.0953 e. The summed E-state index contributed by atoms with van der Waals surface area (Å²) in [5.74, 6) is 0. The monoisotopic (exact) mass is 415 g/mol. The Morgan fingerprint density at radius 2 is 1.28 bits per heavy atom. The van der Waals surface area contributed by atoms with Crippen LogP contribution in [-0.2, 0) is 0 Å². The van der Waals surface area contributed by atoms with Gasteiger partial charge in [0.05, 0.1) is 34.6 Å². The van der Waals surface area contributed by atoms with Gasteiger partial charge in [-0.3, -0.25) is 0 Å². The van der Waals surface area contributed by atoms with Crippen molar-refractivity contribution in [3.05, 3.63) is 84.9 Å². The van der Waals surface area contributed by atoms with Crippen molar-refractivity contribution in [1.29, 1.82) is 0 Å². The summed E-state index contributed by atoms with van der Waals surface area (Å²) in [7, 11) is 0. The van der Waals surface area contributed by atoms with Gasteiger partial charge in [0, 0.05) is 33.8 Å². The second-order valence-corrected chi connectivity index (χ2v) is 8.93. The number of benzene rings is 4. The first-order chi connectivity index (χ1) is 15.8. The molecular weight excluding hydrogens is 390 g/mol. The molecule has 0 unspecified atom stereocenters. The van der Waals surface area contributed by atoms with Gasteiger partial charge in [-0.2, -0.15) is 0 Å². The molecule has 0 amide bonds. The number of anilines is 3. The molecule has 0 saturated heterocycles. The Morgan fingerprint density at radius 3 is 1.94 bits per heavy atom. The molecule has 0 radical (unpaired) electrons. The standard InChI is InChI=1S/C29H25N3/c1-2-3-16-30-19-31(28-15-9-8-14-27(28)30)20-17-23-21-10-4-6-12-25(21)32-26-13-7-5-11-22(26)24(18-20)29(23)32/h4-15,17-18H,2-3,16,19H2,1H3. The average molecular weight is 416 g/mol. The molecule has 0 saturated carbocycles. The quantitative estimate of drug-likeness (QED) is 0.294. The van der Waals surface area contributed by atoms with Gasteiger partial charge in [0.1, 0.15) is 0 Å². The van der Waals surface area contributed by atoms with E-state index >= 15 is 0 Å². The molecule has 156 valence electrons. The van der Waals surface area contributed by atoms with Crippen LogP contribution >= 0.6 is 0 Å². The van der Waals surface area contributed by atoms with Gasteiger partial charge in [0.25, 0.3) is 0 Å². The van der Waals surface area contributed by atoms with Crippen LogP contribution in [0.4, 0.5) is 17.1 Å². The van der Waals surface area contributed by atoms with E-state index < -0.39 is 0 Å². The molecule has 0 fully saturated rings. The first-order valence-corrected chi connectivity index (χ1v) is 11.6. The molecule has 4 aromatic carbocycles. The summed E-state index contributed by atoms with van der Waals surface area (Å²) in [4.78, 5) is 5.02. The van der Waals surface area contributed by atoms with Gasteiger partial charge in [-0.25, -0.2) is 0 Å². The molecule has 3 nitrogen and oxygen atoms in total. The molecule has 2 aromatic heterocycles. The van der Waals surface area contributed by atoms with E-state index in [-0.39, 0.29) is 0 Å².